The normalized spacial score (nSPS) is 28.0. The number of aromatic amines is 1. The van der Waals surface area contributed by atoms with Crippen LogP contribution in [0.5, 0.6) is 0 Å². The van der Waals surface area contributed by atoms with Gasteiger partial charge in [-0.15, -0.1) is 0 Å². The minimum atomic E-state index is -0.628. The van der Waals surface area contributed by atoms with Crippen LogP contribution >= 0.6 is 0 Å². The second-order valence-electron chi connectivity index (χ2n) is 10.5. The molecule has 2 N–H and O–H groups in total. The van der Waals surface area contributed by atoms with Gasteiger partial charge in [-0.3, -0.25) is 9.36 Å². The molecule has 6 nitrogen and oxygen atoms in total. The Morgan fingerprint density at radius 1 is 1.12 bits per heavy atom. The van der Waals surface area contributed by atoms with Crippen LogP contribution in [0.3, 0.4) is 0 Å². The zero-order valence-electron chi connectivity index (χ0n) is 18.8. The molecular formula is C25H29F2N5O. The Bertz CT molecular complexity index is 1240. The van der Waals surface area contributed by atoms with Gasteiger partial charge in [-0.2, -0.15) is 4.98 Å². The summed E-state index contributed by atoms with van der Waals surface area (Å²) >= 11 is 0. The van der Waals surface area contributed by atoms with Gasteiger partial charge in [0.1, 0.15) is 17.5 Å². The molecule has 0 aliphatic heterocycles. The number of aromatic nitrogens is 4. The summed E-state index contributed by atoms with van der Waals surface area (Å²) in [7, 11) is 0. The highest BCUT2D eigenvalue weighted by atomic mass is 19.1. The largest absolute Gasteiger partial charge is 0.351 e. The zero-order valence-corrected chi connectivity index (χ0v) is 18.8. The summed E-state index contributed by atoms with van der Waals surface area (Å²) < 4.78 is 28.9. The molecule has 0 spiro atoms. The highest BCUT2D eigenvalue weighted by molar-refractivity contribution is 5.71. The van der Waals surface area contributed by atoms with Crippen molar-refractivity contribution in [3.8, 4) is 0 Å². The van der Waals surface area contributed by atoms with Crippen LogP contribution in [0.1, 0.15) is 63.3 Å². The fourth-order valence-corrected chi connectivity index (χ4v) is 7.04. The van der Waals surface area contributed by atoms with Crippen LogP contribution in [0, 0.1) is 29.4 Å². The third-order valence-electron chi connectivity index (χ3n) is 8.05. The molecule has 0 atom stereocenters. The summed E-state index contributed by atoms with van der Waals surface area (Å²) in [5.41, 5.74) is 1.06. The number of rotatable bonds is 6. The predicted molar refractivity (Wildman–Crippen MR) is 122 cm³/mol. The predicted octanol–water partition coefficient (Wildman–Crippen LogP) is 4.89. The van der Waals surface area contributed by atoms with Crippen molar-refractivity contribution in [1.29, 1.82) is 0 Å². The van der Waals surface area contributed by atoms with Crippen molar-refractivity contribution < 1.29 is 8.78 Å². The number of benzene rings is 1. The maximum atomic E-state index is 14.1. The van der Waals surface area contributed by atoms with Gasteiger partial charge in [-0.1, -0.05) is 13.0 Å². The van der Waals surface area contributed by atoms with Gasteiger partial charge >= 0.3 is 0 Å². The first kappa shape index (κ1) is 20.8. The van der Waals surface area contributed by atoms with E-state index in [-0.39, 0.29) is 17.5 Å². The van der Waals surface area contributed by atoms with E-state index in [0.717, 1.165) is 55.3 Å². The maximum absolute atomic E-state index is 14.1. The number of anilines is 1. The van der Waals surface area contributed by atoms with Crippen molar-refractivity contribution in [3.63, 3.8) is 0 Å². The van der Waals surface area contributed by atoms with Crippen molar-refractivity contribution in [1.82, 2.24) is 19.5 Å². The maximum Gasteiger partial charge on any atom is 0.280 e. The minimum absolute atomic E-state index is 0.0440. The summed E-state index contributed by atoms with van der Waals surface area (Å²) in [4.78, 5) is 26.3. The lowest BCUT2D eigenvalue weighted by molar-refractivity contribution is -0.00888. The first-order valence-corrected chi connectivity index (χ1v) is 12.1. The lowest BCUT2D eigenvalue weighted by atomic mass is 9.49. The Morgan fingerprint density at radius 3 is 2.45 bits per heavy atom. The number of fused-ring (bicyclic) bond motifs is 1. The lowest BCUT2D eigenvalue weighted by Crippen LogP contribution is -2.49. The number of nitrogens with one attached hydrogen (secondary N) is 2. The van der Waals surface area contributed by atoms with Crippen molar-refractivity contribution in [2.45, 2.75) is 70.4 Å². The topological polar surface area (TPSA) is 75.6 Å². The number of halogens is 2. The Morgan fingerprint density at radius 2 is 1.82 bits per heavy atom. The molecule has 0 unspecified atom stereocenters. The van der Waals surface area contributed by atoms with Crippen molar-refractivity contribution in [2.75, 3.05) is 5.32 Å². The quantitative estimate of drug-likeness (QED) is 0.557. The summed E-state index contributed by atoms with van der Waals surface area (Å²) in [5.74, 6) is 2.36. The standard InChI is InChI=1S/C25H29F2N5O/c1-2-5-32-22(33)20-21(31-24(32)28-13-17-3-4-18(26)9-19(17)27)30-23(29-20)25-10-14-6-15(11-25)8-16(7-14)12-25/h3-4,9,14-16H,2,5-8,10-13H2,1H3,(H,28,31)(H,29,30). The average Bonchev–Trinajstić information content (AvgIpc) is 3.20. The molecule has 4 aliphatic rings. The van der Waals surface area contributed by atoms with E-state index < -0.39 is 11.6 Å². The molecule has 1 aromatic carbocycles. The number of imidazole rings is 1. The summed E-state index contributed by atoms with van der Waals surface area (Å²) in [6.07, 6.45) is 8.23. The molecule has 33 heavy (non-hydrogen) atoms. The Labute approximate surface area is 190 Å². The van der Waals surface area contributed by atoms with Gasteiger partial charge in [0.2, 0.25) is 5.95 Å². The van der Waals surface area contributed by atoms with Crippen LogP contribution in [0.2, 0.25) is 0 Å². The van der Waals surface area contributed by atoms with Crippen molar-refractivity contribution >= 4 is 17.1 Å². The third-order valence-corrected chi connectivity index (χ3v) is 8.05. The molecule has 2 aromatic heterocycles. The molecule has 3 aromatic rings. The minimum Gasteiger partial charge on any atom is -0.351 e. The highest BCUT2D eigenvalue weighted by Gasteiger charge is 2.53. The first-order valence-electron chi connectivity index (χ1n) is 12.1. The molecule has 4 saturated carbocycles. The van der Waals surface area contributed by atoms with Crippen LogP contribution in [0.15, 0.2) is 23.0 Å². The smallest absolute Gasteiger partial charge is 0.280 e. The number of hydrogen-bond acceptors (Lipinski definition) is 4. The SMILES string of the molecule is CCCn1c(NCc2ccc(F)cc2F)nc2nc(C34CC5CC(CC(C5)C3)C4)[nH]c2c1=O. The van der Waals surface area contributed by atoms with Crippen LogP contribution < -0.4 is 10.9 Å². The van der Waals surface area contributed by atoms with E-state index in [2.05, 4.69) is 15.3 Å². The molecule has 4 fully saturated rings. The Kier molecular flexibility index (Phi) is 4.82. The van der Waals surface area contributed by atoms with Crippen LogP contribution in [-0.2, 0) is 18.5 Å². The molecule has 7 rings (SSSR count). The Balaban J connectivity index is 1.37. The van der Waals surface area contributed by atoms with Crippen LogP contribution in [0.25, 0.3) is 11.2 Å². The van der Waals surface area contributed by atoms with Crippen molar-refractivity contribution in [3.05, 3.63) is 51.6 Å². The van der Waals surface area contributed by atoms with Crippen LogP contribution in [0.4, 0.5) is 14.7 Å². The van der Waals surface area contributed by atoms with E-state index in [1.54, 1.807) is 4.57 Å². The molecule has 0 amide bonds. The number of nitrogens with zero attached hydrogens (tertiary/aromatic N) is 3. The van der Waals surface area contributed by atoms with E-state index in [1.807, 2.05) is 6.92 Å². The Hall–Kier alpha value is -2.77. The molecule has 174 valence electrons. The molecule has 4 bridgehead atoms. The molecule has 0 saturated heterocycles. The monoisotopic (exact) mass is 453 g/mol. The van der Waals surface area contributed by atoms with E-state index >= 15 is 0 Å². The second-order valence-corrected chi connectivity index (χ2v) is 10.5. The highest BCUT2D eigenvalue weighted by Crippen LogP contribution is 2.60. The number of H-pyrrole nitrogens is 1. The van der Waals surface area contributed by atoms with E-state index in [4.69, 9.17) is 4.98 Å². The molecule has 4 aliphatic carbocycles. The van der Waals surface area contributed by atoms with Crippen LogP contribution in [-0.4, -0.2) is 19.5 Å². The van der Waals surface area contributed by atoms with Gasteiger partial charge in [0, 0.05) is 30.1 Å². The van der Waals surface area contributed by atoms with Gasteiger partial charge in [0.05, 0.1) is 0 Å². The molecule has 0 radical (unpaired) electrons. The first-order chi connectivity index (χ1) is 15.9. The average molecular weight is 454 g/mol. The fraction of sp³-hybridized carbons (Fsp3) is 0.560. The summed E-state index contributed by atoms with van der Waals surface area (Å²) in [6.45, 7) is 2.58. The fourth-order valence-electron chi connectivity index (χ4n) is 7.04. The lowest BCUT2D eigenvalue weighted by Gasteiger charge is -2.55. The molecule has 8 heteroatoms. The van der Waals surface area contributed by atoms with Gasteiger partial charge in [-0.05, 0) is 68.8 Å². The summed E-state index contributed by atoms with van der Waals surface area (Å²) in [5, 5.41) is 3.09. The van der Waals surface area contributed by atoms with E-state index in [0.29, 0.717) is 29.2 Å². The number of hydrogen-bond donors (Lipinski definition) is 2. The third kappa shape index (κ3) is 3.45. The van der Waals surface area contributed by atoms with Gasteiger partial charge in [0.25, 0.3) is 5.56 Å². The molecular weight excluding hydrogens is 424 g/mol. The van der Waals surface area contributed by atoms with Crippen molar-refractivity contribution in [2.24, 2.45) is 17.8 Å². The second kappa shape index (κ2) is 7.64. The van der Waals surface area contributed by atoms with Gasteiger partial charge in [0.15, 0.2) is 11.2 Å². The van der Waals surface area contributed by atoms with Gasteiger partial charge in [-0.25, -0.2) is 13.8 Å². The zero-order chi connectivity index (χ0) is 22.7. The molecule has 2 heterocycles. The van der Waals surface area contributed by atoms with E-state index in [9.17, 15) is 13.6 Å². The van der Waals surface area contributed by atoms with Gasteiger partial charge < -0.3 is 10.3 Å². The summed E-state index contributed by atoms with van der Waals surface area (Å²) in [6, 6.07) is 3.48. The van der Waals surface area contributed by atoms with E-state index in [1.165, 1.54) is 31.4 Å².